The summed E-state index contributed by atoms with van der Waals surface area (Å²) in [5.74, 6) is -1.48. The molecule has 3 aliphatic rings. The Morgan fingerprint density at radius 3 is 2.52 bits per heavy atom. The van der Waals surface area contributed by atoms with Crippen molar-refractivity contribution in [1.82, 2.24) is 16.0 Å². The first-order valence-electron chi connectivity index (χ1n) is 7.60. The Labute approximate surface area is 122 Å². The number of carbonyl (C=O) groups is 3. The summed E-state index contributed by atoms with van der Waals surface area (Å²) < 4.78 is 0. The predicted molar refractivity (Wildman–Crippen MR) is 73.5 cm³/mol. The van der Waals surface area contributed by atoms with E-state index in [9.17, 15) is 14.4 Å². The van der Waals surface area contributed by atoms with Gasteiger partial charge in [-0.25, -0.2) is 4.79 Å². The Kier molecular flexibility index (Phi) is 3.61. The molecule has 2 aliphatic heterocycles. The maximum atomic E-state index is 12.2. The zero-order chi connectivity index (χ0) is 15.0. The summed E-state index contributed by atoms with van der Waals surface area (Å²) in [5, 5.41) is 17.4. The van der Waals surface area contributed by atoms with Crippen LogP contribution < -0.4 is 16.0 Å². The fourth-order valence-electron chi connectivity index (χ4n) is 3.74. The first-order chi connectivity index (χ1) is 10.0. The Morgan fingerprint density at radius 2 is 2.00 bits per heavy atom. The van der Waals surface area contributed by atoms with Crippen LogP contribution in [0.2, 0.25) is 0 Å². The van der Waals surface area contributed by atoms with E-state index in [0.29, 0.717) is 18.8 Å². The van der Waals surface area contributed by atoms with Gasteiger partial charge in [0.25, 0.3) is 5.91 Å². The van der Waals surface area contributed by atoms with Crippen LogP contribution in [0.3, 0.4) is 0 Å². The Balaban J connectivity index is 1.69. The number of amides is 3. The van der Waals surface area contributed by atoms with Crippen molar-refractivity contribution in [3.63, 3.8) is 0 Å². The molecule has 21 heavy (non-hydrogen) atoms. The third-order valence-electron chi connectivity index (χ3n) is 5.12. The smallest absolute Gasteiger partial charge is 0.322 e. The molecule has 0 spiro atoms. The molecule has 3 fully saturated rings. The number of aliphatic carboxylic acids is 1. The summed E-state index contributed by atoms with van der Waals surface area (Å²) in [5.41, 5.74) is -1.01. The van der Waals surface area contributed by atoms with Gasteiger partial charge in [0.05, 0.1) is 5.92 Å². The number of hydrogen-bond donors (Lipinski definition) is 4. The minimum Gasteiger partial charge on any atom is -0.481 e. The summed E-state index contributed by atoms with van der Waals surface area (Å²) in [4.78, 5) is 34.9. The molecule has 7 heteroatoms. The zero-order valence-electron chi connectivity index (χ0n) is 11.9. The van der Waals surface area contributed by atoms with E-state index in [1.165, 1.54) is 0 Å². The summed E-state index contributed by atoms with van der Waals surface area (Å²) in [7, 11) is 0. The zero-order valence-corrected chi connectivity index (χ0v) is 11.9. The molecule has 1 aliphatic carbocycles. The summed E-state index contributed by atoms with van der Waals surface area (Å²) >= 11 is 0. The number of hydrogen-bond acceptors (Lipinski definition) is 4. The molecule has 1 saturated carbocycles. The van der Waals surface area contributed by atoms with Crippen LogP contribution in [-0.2, 0) is 9.59 Å². The second-order valence-corrected chi connectivity index (χ2v) is 6.40. The van der Waals surface area contributed by atoms with Crippen LogP contribution in [0.4, 0.5) is 4.79 Å². The van der Waals surface area contributed by atoms with Gasteiger partial charge in [0.15, 0.2) is 0 Å². The second kappa shape index (κ2) is 5.29. The molecule has 3 amide bonds. The predicted octanol–water partition coefficient (Wildman–Crippen LogP) is 0.0651. The highest BCUT2D eigenvalue weighted by atomic mass is 16.4. The van der Waals surface area contributed by atoms with Crippen LogP contribution >= 0.6 is 0 Å². The fraction of sp³-hybridized carbons (Fsp3) is 0.786. The van der Waals surface area contributed by atoms with E-state index in [-0.39, 0.29) is 11.8 Å². The first-order valence-corrected chi connectivity index (χ1v) is 7.60. The maximum absolute atomic E-state index is 12.2. The first kappa shape index (κ1) is 14.3. The van der Waals surface area contributed by atoms with E-state index in [1.54, 1.807) is 0 Å². The van der Waals surface area contributed by atoms with Gasteiger partial charge in [-0.2, -0.15) is 0 Å². The molecule has 3 rings (SSSR count). The Morgan fingerprint density at radius 1 is 1.29 bits per heavy atom. The number of carboxylic acids is 1. The Hall–Kier alpha value is -1.63. The number of piperidine rings is 1. The van der Waals surface area contributed by atoms with Gasteiger partial charge in [-0.15, -0.1) is 0 Å². The van der Waals surface area contributed by atoms with Crippen LogP contribution in [-0.4, -0.2) is 41.6 Å². The topological polar surface area (TPSA) is 108 Å². The molecule has 0 aromatic carbocycles. The van der Waals surface area contributed by atoms with Crippen molar-refractivity contribution in [3.05, 3.63) is 0 Å². The number of urea groups is 1. The molecule has 0 aromatic heterocycles. The number of rotatable bonds is 5. The third kappa shape index (κ3) is 2.62. The average molecular weight is 295 g/mol. The van der Waals surface area contributed by atoms with Crippen molar-refractivity contribution in [2.24, 2.45) is 17.8 Å². The number of carbonyl (C=O) groups excluding carboxylic acids is 2. The summed E-state index contributed by atoms with van der Waals surface area (Å²) in [6.07, 6.45) is 3.98. The van der Waals surface area contributed by atoms with Gasteiger partial charge in [-0.05, 0) is 51.1 Å². The number of carboxylic acid groups (broad SMARTS) is 1. The summed E-state index contributed by atoms with van der Waals surface area (Å²) in [6, 6.07) is -0.499. The molecule has 3 atom stereocenters. The van der Waals surface area contributed by atoms with Crippen LogP contribution in [0.15, 0.2) is 0 Å². The van der Waals surface area contributed by atoms with Gasteiger partial charge in [0.1, 0.15) is 5.54 Å². The van der Waals surface area contributed by atoms with Crippen molar-refractivity contribution in [2.45, 2.75) is 37.6 Å². The number of imide groups is 1. The van der Waals surface area contributed by atoms with Crippen molar-refractivity contribution in [2.75, 3.05) is 13.1 Å². The molecule has 0 aromatic rings. The van der Waals surface area contributed by atoms with Gasteiger partial charge >= 0.3 is 12.0 Å². The highest BCUT2D eigenvalue weighted by Gasteiger charge is 2.62. The molecule has 4 N–H and O–H groups in total. The van der Waals surface area contributed by atoms with Crippen molar-refractivity contribution >= 4 is 17.9 Å². The van der Waals surface area contributed by atoms with Crippen LogP contribution in [0.1, 0.15) is 32.1 Å². The average Bonchev–Trinajstić information content (AvgIpc) is 3.20. The van der Waals surface area contributed by atoms with Crippen molar-refractivity contribution in [3.8, 4) is 0 Å². The highest BCUT2D eigenvalue weighted by molar-refractivity contribution is 6.07. The van der Waals surface area contributed by atoms with Crippen molar-refractivity contribution in [1.29, 1.82) is 0 Å². The second-order valence-electron chi connectivity index (χ2n) is 6.40. The maximum Gasteiger partial charge on any atom is 0.322 e. The van der Waals surface area contributed by atoms with Crippen LogP contribution in [0.25, 0.3) is 0 Å². The normalized spacial score (nSPS) is 36.2. The molecule has 2 heterocycles. The molecule has 116 valence electrons. The summed E-state index contributed by atoms with van der Waals surface area (Å²) in [6.45, 7) is 1.97. The molecule has 0 bridgehead atoms. The largest absolute Gasteiger partial charge is 0.481 e. The van der Waals surface area contributed by atoms with E-state index < -0.39 is 23.5 Å². The van der Waals surface area contributed by atoms with Crippen LogP contribution in [0.5, 0.6) is 0 Å². The van der Waals surface area contributed by atoms with Gasteiger partial charge in [-0.1, -0.05) is 0 Å². The van der Waals surface area contributed by atoms with E-state index in [1.807, 2.05) is 0 Å². The van der Waals surface area contributed by atoms with E-state index in [2.05, 4.69) is 16.0 Å². The fourth-order valence-corrected chi connectivity index (χ4v) is 3.74. The lowest BCUT2D eigenvalue weighted by Gasteiger charge is -2.30. The lowest BCUT2D eigenvalue weighted by Crippen LogP contribution is -2.50. The molecular weight excluding hydrogens is 274 g/mol. The molecule has 1 unspecified atom stereocenters. The van der Waals surface area contributed by atoms with Gasteiger partial charge in [-0.3, -0.25) is 14.9 Å². The number of nitrogens with one attached hydrogen (secondary N) is 3. The monoisotopic (exact) mass is 295 g/mol. The van der Waals surface area contributed by atoms with Gasteiger partial charge < -0.3 is 15.7 Å². The quantitative estimate of drug-likeness (QED) is 0.537. The highest BCUT2D eigenvalue weighted by Crippen LogP contribution is 2.50. The van der Waals surface area contributed by atoms with E-state index in [4.69, 9.17) is 5.11 Å². The van der Waals surface area contributed by atoms with E-state index in [0.717, 1.165) is 32.4 Å². The molecule has 0 radical (unpaired) electrons. The minimum atomic E-state index is -1.01. The SMILES string of the molecule is O=C1NC(=O)C(CCC2CCNCC2)([C@H]2C[C@@H]2C(=O)O)N1. The lowest BCUT2D eigenvalue weighted by atomic mass is 9.82. The third-order valence-corrected chi connectivity index (χ3v) is 5.12. The van der Waals surface area contributed by atoms with Gasteiger partial charge in [0, 0.05) is 5.92 Å². The molecule has 7 nitrogen and oxygen atoms in total. The van der Waals surface area contributed by atoms with Crippen molar-refractivity contribution < 1.29 is 19.5 Å². The standard InChI is InChI=1S/C14H21N3O4/c18-11(19)9-7-10(9)14(12(20)16-13(21)17-14)4-1-8-2-5-15-6-3-8/h8-10,15H,1-7H2,(H,18,19)(H2,16,17,20,21)/t9-,10-,14?/m0/s1. The molecule has 2 saturated heterocycles. The van der Waals surface area contributed by atoms with Gasteiger partial charge in [0.2, 0.25) is 0 Å². The minimum absolute atomic E-state index is 0.275. The van der Waals surface area contributed by atoms with Crippen LogP contribution in [0, 0.1) is 17.8 Å². The Bertz CT molecular complexity index is 475. The van der Waals surface area contributed by atoms with E-state index >= 15 is 0 Å². The lowest BCUT2D eigenvalue weighted by molar-refractivity contribution is -0.139. The molecular formula is C14H21N3O4.